The van der Waals surface area contributed by atoms with Crippen LogP contribution in [0.1, 0.15) is 37.3 Å². The second-order valence-corrected chi connectivity index (χ2v) is 7.47. The Morgan fingerprint density at radius 2 is 1.89 bits per heavy atom. The fraction of sp³-hybridized carbons (Fsp3) is 0.455. The number of halogens is 1. The molecular formula is C22H32IN5. The lowest BCUT2D eigenvalue weighted by Gasteiger charge is -2.43. The van der Waals surface area contributed by atoms with Gasteiger partial charge in [-0.1, -0.05) is 36.8 Å². The molecule has 2 N–H and O–H groups in total. The van der Waals surface area contributed by atoms with Gasteiger partial charge in [-0.25, -0.2) is 9.98 Å². The van der Waals surface area contributed by atoms with Crippen LogP contribution < -0.4 is 15.5 Å². The Kier molecular flexibility index (Phi) is 8.54. The summed E-state index contributed by atoms with van der Waals surface area (Å²) in [5, 5.41) is 6.96. The maximum Gasteiger partial charge on any atom is 0.191 e. The molecule has 0 radical (unpaired) electrons. The van der Waals surface area contributed by atoms with Crippen LogP contribution in [-0.4, -0.2) is 38.1 Å². The number of rotatable bonds is 7. The highest BCUT2D eigenvalue weighted by atomic mass is 127. The van der Waals surface area contributed by atoms with Gasteiger partial charge in [0.25, 0.3) is 0 Å². The molecule has 28 heavy (non-hydrogen) atoms. The molecule has 1 aromatic heterocycles. The van der Waals surface area contributed by atoms with Crippen molar-refractivity contribution >= 4 is 35.8 Å². The van der Waals surface area contributed by atoms with E-state index in [1.807, 2.05) is 31.3 Å². The molecule has 1 heterocycles. The minimum absolute atomic E-state index is 0. The summed E-state index contributed by atoms with van der Waals surface area (Å²) in [6.45, 7) is 4.51. The van der Waals surface area contributed by atoms with Crippen LogP contribution in [0.3, 0.4) is 0 Å². The normalized spacial score (nSPS) is 15.2. The first-order chi connectivity index (χ1) is 13.1. The van der Waals surface area contributed by atoms with Gasteiger partial charge in [-0.05, 0) is 43.0 Å². The Bertz CT molecular complexity index is 757. The number of anilines is 1. The predicted molar refractivity (Wildman–Crippen MR) is 129 cm³/mol. The van der Waals surface area contributed by atoms with E-state index in [9.17, 15) is 0 Å². The van der Waals surface area contributed by atoms with Crippen LogP contribution >= 0.6 is 24.0 Å². The van der Waals surface area contributed by atoms with Gasteiger partial charge in [0.15, 0.2) is 5.96 Å². The van der Waals surface area contributed by atoms with Crippen LogP contribution in [-0.2, 0) is 12.0 Å². The quantitative estimate of drug-likeness (QED) is 0.349. The third-order valence-corrected chi connectivity index (χ3v) is 5.32. The van der Waals surface area contributed by atoms with Crippen LogP contribution in [0.25, 0.3) is 0 Å². The van der Waals surface area contributed by atoms with Gasteiger partial charge in [0.2, 0.25) is 0 Å². The van der Waals surface area contributed by atoms with Crippen molar-refractivity contribution in [3.63, 3.8) is 0 Å². The lowest BCUT2D eigenvalue weighted by molar-refractivity contribution is 0.244. The van der Waals surface area contributed by atoms with E-state index in [2.05, 4.69) is 58.9 Å². The monoisotopic (exact) mass is 493 g/mol. The third kappa shape index (κ3) is 5.59. The fourth-order valence-electron chi connectivity index (χ4n) is 3.53. The van der Waals surface area contributed by atoms with Gasteiger partial charge < -0.3 is 15.5 Å². The topological polar surface area (TPSA) is 52.6 Å². The van der Waals surface area contributed by atoms with Gasteiger partial charge in [-0.3, -0.25) is 0 Å². The number of benzene rings is 1. The minimum atomic E-state index is 0. The molecule has 1 aliphatic carbocycles. The maximum atomic E-state index is 4.79. The second-order valence-electron chi connectivity index (χ2n) is 7.47. The average molecular weight is 493 g/mol. The van der Waals surface area contributed by atoms with E-state index in [4.69, 9.17) is 4.99 Å². The Hall–Kier alpha value is -1.83. The zero-order chi connectivity index (χ0) is 19.1. The maximum absolute atomic E-state index is 4.79. The summed E-state index contributed by atoms with van der Waals surface area (Å²) in [5.41, 5.74) is 2.84. The van der Waals surface area contributed by atoms with Gasteiger partial charge in [-0.15, -0.1) is 24.0 Å². The molecule has 6 heteroatoms. The van der Waals surface area contributed by atoms with Crippen LogP contribution in [0.4, 0.5) is 5.82 Å². The summed E-state index contributed by atoms with van der Waals surface area (Å²) in [6, 6.07) is 15.0. The Labute approximate surface area is 186 Å². The van der Waals surface area contributed by atoms with Crippen molar-refractivity contribution in [3.05, 3.63) is 59.8 Å². The van der Waals surface area contributed by atoms with Crippen LogP contribution in [0.5, 0.6) is 0 Å². The average Bonchev–Trinajstić information content (AvgIpc) is 2.66. The molecule has 0 saturated heterocycles. The zero-order valence-corrected chi connectivity index (χ0v) is 19.4. The van der Waals surface area contributed by atoms with Crippen molar-refractivity contribution in [2.75, 3.05) is 32.1 Å². The van der Waals surface area contributed by atoms with E-state index in [0.29, 0.717) is 6.54 Å². The minimum Gasteiger partial charge on any atom is -0.363 e. The molecule has 3 rings (SSSR count). The van der Waals surface area contributed by atoms with Crippen molar-refractivity contribution in [1.29, 1.82) is 0 Å². The molecule has 0 bridgehead atoms. The molecule has 5 nitrogen and oxygen atoms in total. The van der Waals surface area contributed by atoms with Crippen molar-refractivity contribution in [1.82, 2.24) is 15.6 Å². The molecule has 1 fully saturated rings. The number of hydrogen-bond donors (Lipinski definition) is 2. The standard InChI is InChI=1S/C22H31N5.HI/c1-4-23-21(25-16-18-11-14-24-20(15-18)27(2)3)26-17-22(12-8-13-22)19-9-6-5-7-10-19;/h5-7,9-11,14-15H,4,8,12-13,16-17H2,1-3H3,(H2,23,25,26);1H. The highest BCUT2D eigenvalue weighted by molar-refractivity contribution is 14.0. The van der Waals surface area contributed by atoms with Crippen molar-refractivity contribution in [2.45, 2.75) is 38.1 Å². The number of nitrogens with zero attached hydrogens (tertiary/aromatic N) is 3. The van der Waals surface area contributed by atoms with Gasteiger partial charge in [0, 0.05) is 38.8 Å². The highest BCUT2D eigenvalue weighted by Crippen LogP contribution is 2.43. The third-order valence-electron chi connectivity index (χ3n) is 5.32. The molecule has 0 aliphatic heterocycles. The predicted octanol–water partition coefficient (Wildman–Crippen LogP) is 3.94. The first-order valence-electron chi connectivity index (χ1n) is 9.83. The second kappa shape index (κ2) is 10.6. The lowest BCUT2D eigenvalue weighted by Crippen LogP contribution is -2.48. The van der Waals surface area contributed by atoms with Gasteiger partial charge >= 0.3 is 0 Å². The number of aliphatic imine (C=N–C) groups is 1. The summed E-state index contributed by atoms with van der Waals surface area (Å²) in [7, 11) is 4.01. The van der Waals surface area contributed by atoms with Crippen molar-refractivity contribution < 1.29 is 0 Å². The molecule has 0 unspecified atom stereocenters. The molecule has 1 aliphatic rings. The molecule has 2 aromatic rings. The Morgan fingerprint density at radius 3 is 2.50 bits per heavy atom. The number of aromatic nitrogens is 1. The Balaban J connectivity index is 0.00000280. The summed E-state index contributed by atoms with van der Waals surface area (Å²) in [6.07, 6.45) is 5.62. The van der Waals surface area contributed by atoms with E-state index >= 15 is 0 Å². The number of guanidine groups is 1. The van der Waals surface area contributed by atoms with Crippen LogP contribution in [0.2, 0.25) is 0 Å². The largest absolute Gasteiger partial charge is 0.363 e. The summed E-state index contributed by atoms with van der Waals surface area (Å²) in [4.78, 5) is 11.2. The summed E-state index contributed by atoms with van der Waals surface area (Å²) in [5.74, 6) is 1.83. The SMILES string of the molecule is CCNC(=NCc1ccnc(N(C)C)c1)NCC1(c2ccccc2)CCC1.I. The molecule has 152 valence electrons. The zero-order valence-electron chi connectivity index (χ0n) is 17.1. The van der Waals surface area contributed by atoms with E-state index in [1.165, 1.54) is 24.8 Å². The molecule has 1 aromatic carbocycles. The van der Waals surface area contributed by atoms with E-state index in [-0.39, 0.29) is 29.4 Å². The van der Waals surface area contributed by atoms with Gasteiger partial charge in [-0.2, -0.15) is 0 Å². The highest BCUT2D eigenvalue weighted by Gasteiger charge is 2.38. The van der Waals surface area contributed by atoms with E-state index < -0.39 is 0 Å². The van der Waals surface area contributed by atoms with Gasteiger partial charge in [0.1, 0.15) is 5.82 Å². The molecule has 0 atom stereocenters. The van der Waals surface area contributed by atoms with E-state index in [0.717, 1.165) is 30.4 Å². The number of nitrogens with one attached hydrogen (secondary N) is 2. The first kappa shape index (κ1) is 22.5. The molecule has 0 spiro atoms. The smallest absolute Gasteiger partial charge is 0.191 e. The number of hydrogen-bond acceptors (Lipinski definition) is 3. The van der Waals surface area contributed by atoms with Crippen molar-refractivity contribution in [3.8, 4) is 0 Å². The summed E-state index contributed by atoms with van der Waals surface area (Å²) >= 11 is 0. The molecular weight excluding hydrogens is 461 g/mol. The Morgan fingerprint density at radius 1 is 1.14 bits per heavy atom. The molecule has 0 amide bonds. The van der Waals surface area contributed by atoms with Crippen LogP contribution in [0, 0.1) is 0 Å². The molecule has 1 saturated carbocycles. The first-order valence-corrected chi connectivity index (χ1v) is 9.83. The van der Waals surface area contributed by atoms with Crippen LogP contribution in [0.15, 0.2) is 53.7 Å². The fourth-order valence-corrected chi connectivity index (χ4v) is 3.53. The number of pyridine rings is 1. The van der Waals surface area contributed by atoms with Gasteiger partial charge in [0.05, 0.1) is 6.54 Å². The summed E-state index contributed by atoms with van der Waals surface area (Å²) < 4.78 is 0. The van der Waals surface area contributed by atoms with E-state index in [1.54, 1.807) is 0 Å². The van der Waals surface area contributed by atoms with Crippen molar-refractivity contribution in [2.24, 2.45) is 4.99 Å². The lowest BCUT2D eigenvalue weighted by atomic mass is 9.64.